The number of nitrogens with one attached hydrogen (secondary N) is 2. The molecule has 0 radical (unpaired) electrons. The number of anilines is 2. The zero-order valence-electron chi connectivity index (χ0n) is 11.1. The van der Waals surface area contributed by atoms with Gasteiger partial charge in [-0.1, -0.05) is 0 Å². The van der Waals surface area contributed by atoms with Crippen LogP contribution >= 0.6 is 0 Å². The van der Waals surface area contributed by atoms with Crippen molar-refractivity contribution in [1.29, 1.82) is 0 Å². The smallest absolute Gasteiger partial charge is 0.221 e. The van der Waals surface area contributed by atoms with E-state index in [0.29, 0.717) is 30.9 Å². The maximum absolute atomic E-state index is 11.3. The largest absolute Gasteiger partial charge is 0.397 e. The van der Waals surface area contributed by atoms with E-state index in [-0.39, 0.29) is 10.8 Å². The Kier molecular flexibility index (Phi) is 5.17. The van der Waals surface area contributed by atoms with Gasteiger partial charge in [0, 0.05) is 25.8 Å². The molecule has 0 heterocycles. The first-order valence-corrected chi connectivity index (χ1v) is 7.84. The molecule has 1 aromatic carbocycles. The molecule has 6 nitrogen and oxygen atoms in total. The fraction of sp³-hybridized carbons (Fsp3) is 0.417. The molecule has 106 valence electrons. The molecule has 7 heteroatoms. The Balaban J connectivity index is 2.64. The Morgan fingerprint density at radius 3 is 2.58 bits per heavy atom. The number of amides is 1. The molecule has 0 aromatic heterocycles. The lowest BCUT2D eigenvalue weighted by Crippen LogP contribution is -2.24. The lowest BCUT2D eigenvalue weighted by molar-refractivity contribution is -0.120. The lowest BCUT2D eigenvalue weighted by atomic mass is 10.2. The Labute approximate surface area is 113 Å². The van der Waals surface area contributed by atoms with E-state index in [2.05, 4.69) is 10.6 Å². The Hall–Kier alpha value is -1.76. The summed E-state index contributed by atoms with van der Waals surface area (Å²) in [6, 6.07) is 4.49. The molecule has 0 aliphatic carbocycles. The monoisotopic (exact) mass is 285 g/mol. The van der Waals surface area contributed by atoms with Crippen molar-refractivity contribution in [3.05, 3.63) is 18.2 Å². The zero-order valence-corrected chi connectivity index (χ0v) is 11.9. The molecule has 1 aromatic rings. The molecule has 0 bridgehead atoms. The third-order valence-electron chi connectivity index (χ3n) is 2.49. The molecule has 19 heavy (non-hydrogen) atoms. The predicted molar refractivity (Wildman–Crippen MR) is 75.8 cm³/mol. The van der Waals surface area contributed by atoms with Crippen LogP contribution in [0.4, 0.5) is 11.4 Å². The van der Waals surface area contributed by atoms with Crippen LogP contribution in [-0.4, -0.2) is 33.7 Å². The van der Waals surface area contributed by atoms with Crippen LogP contribution in [0.2, 0.25) is 0 Å². The molecule has 4 N–H and O–H groups in total. The highest BCUT2D eigenvalue weighted by atomic mass is 32.2. The fourth-order valence-electron chi connectivity index (χ4n) is 1.53. The van der Waals surface area contributed by atoms with Crippen molar-refractivity contribution in [3.8, 4) is 0 Å². The van der Waals surface area contributed by atoms with Gasteiger partial charge >= 0.3 is 0 Å². The van der Waals surface area contributed by atoms with Gasteiger partial charge in [0.25, 0.3) is 0 Å². The van der Waals surface area contributed by atoms with E-state index in [9.17, 15) is 13.2 Å². The van der Waals surface area contributed by atoms with Crippen LogP contribution in [-0.2, 0) is 14.6 Å². The summed E-state index contributed by atoms with van der Waals surface area (Å²) >= 11 is 0. The molecule has 0 atom stereocenters. The van der Waals surface area contributed by atoms with Crippen molar-refractivity contribution in [1.82, 2.24) is 5.32 Å². The fourth-order valence-corrected chi connectivity index (χ4v) is 2.18. The molecule has 0 aliphatic heterocycles. The first-order chi connectivity index (χ1) is 8.84. The highest BCUT2D eigenvalue weighted by molar-refractivity contribution is 7.90. The first kappa shape index (κ1) is 15.3. The van der Waals surface area contributed by atoms with E-state index in [1.54, 1.807) is 6.07 Å². The third kappa shape index (κ3) is 4.78. The molecular weight excluding hydrogens is 266 g/mol. The summed E-state index contributed by atoms with van der Waals surface area (Å²) in [4.78, 5) is 11.4. The van der Waals surface area contributed by atoms with Crippen LogP contribution in [0.25, 0.3) is 0 Å². The van der Waals surface area contributed by atoms with Gasteiger partial charge in [-0.25, -0.2) is 8.42 Å². The number of rotatable bonds is 6. The average molecular weight is 285 g/mol. The minimum Gasteiger partial charge on any atom is -0.397 e. The Morgan fingerprint density at radius 1 is 1.37 bits per heavy atom. The van der Waals surface area contributed by atoms with Gasteiger partial charge < -0.3 is 16.4 Å². The molecule has 0 saturated carbocycles. The summed E-state index contributed by atoms with van der Waals surface area (Å²) in [5.74, 6) is -0.0404. The number of nitrogen functional groups attached to an aromatic ring is 1. The highest BCUT2D eigenvalue weighted by Gasteiger charge is 2.09. The summed E-state index contributed by atoms with van der Waals surface area (Å²) in [5.41, 5.74) is 6.73. The lowest BCUT2D eigenvalue weighted by Gasteiger charge is -2.10. The quantitative estimate of drug-likeness (QED) is 0.665. The van der Waals surface area contributed by atoms with Crippen LogP contribution in [0.1, 0.15) is 13.3 Å². The van der Waals surface area contributed by atoms with E-state index >= 15 is 0 Å². The van der Waals surface area contributed by atoms with Crippen LogP contribution in [0.15, 0.2) is 23.1 Å². The van der Waals surface area contributed by atoms with Gasteiger partial charge in [0.05, 0.1) is 16.3 Å². The predicted octanol–water partition coefficient (Wildman–Crippen LogP) is 0.610. The van der Waals surface area contributed by atoms with Crippen molar-refractivity contribution in [2.75, 3.05) is 30.4 Å². The molecule has 0 spiro atoms. The number of sulfone groups is 1. The van der Waals surface area contributed by atoms with Gasteiger partial charge in [-0.2, -0.15) is 0 Å². The minimum atomic E-state index is -3.26. The van der Waals surface area contributed by atoms with Gasteiger partial charge in [-0.3, -0.25) is 4.79 Å². The molecule has 0 fully saturated rings. The number of hydrogen-bond donors (Lipinski definition) is 3. The second-order valence-corrected chi connectivity index (χ2v) is 6.17. The Bertz CT molecular complexity index is 555. The van der Waals surface area contributed by atoms with Gasteiger partial charge in [0.15, 0.2) is 9.84 Å². The first-order valence-electron chi connectivity index (χ1n) is 5.94. The van der Waals surface area contributed by atoms with Crippen LogP contribution in [0, 0.1) is 0 Å². The summed E-state index contributed by atoms with van der Waals surface area (Å²) in [6.45, 7) is 2.89. The highest BCUT2D eigenvalue weighted by Crippen LogP contribution is 2.22. The van der Waals surface area contributed by atoms with Gasteiger partial charge in [0.1, 0.15) is 0 Å². The van der Waals surface area contributed by atoms with Gasteiger partial charge in [-0.15, -0.1) is 0 Å². The number of carbonyl (C=O) groups excluding carboxylic acids is 1. The van der Waals surface area contributed by atoms with Gasteiger partial charge in [-0.05, 0) is 25.1 Å². The van der Waals surface area contributed by atoms with E-state index in [1.807, 2.05) is 6.92 Å². The second kappa shape index (κ2) is 6.42. The zero-order chi connectivity index (χ0) is 14.5. The normalized spacial score (nSPS) is 11.1. The van der Waals surface area contributed by atoms with Crippen LogP contribution in [0.3, 0.4) is 0 Å². The SMILES string of the molecule is CCNC(=O)CCNc1ccc(S(C)(=O)=O)cc1N. The summed E-state index contributed by atoms with van der Waals surface area (Å²) < 4.78 is 22.7. The van der Waals surface area contributed by atoms with Crippen molar-refractivity contribution in [2.45, 2.75) is 18.2 Å². The summed E-state index contributed by atoms with van der Waals surface area (Å²) in [5, 5.41) is 5.69. The summed E-state index contributed by atoms with van der Waals surface area (Å²) in [7, 11) is -3.26. The number of benzene rings is 1. The maximum atomic E-state index is 11.3. The molecule has 0 saturated heterocycles. The number of hydrogen-bond acceptors (Lipinski definition) is 5. The van der Waals surface area contributed by atoms with E-state index in [4.69, 9.17) is 5.73 Å². The van der Waals surface area contributed by atoms with E-state index in [1.165, 1.54) is 12.1 Å². The van der Waals surface area contributed by atoms with Crippen molar-refractivity contribution in [2.24, 2.45) is 0 Å². The third-order valence-corrected chi connectivity index (χ3v) is 3.60. The number of nitrogens with two attached hydrogens (primary N) is 1. The van der Waals surface area contributed by atoms with Crippen molar-refractivity contribution < 1.29 is 13.2 Å². The molecule has 1 amide bonds. The molecule has 1 rings (SSSR count). The maximum Gasteiger partial charge on any atom is 0.221 e. The standard InChI is InChI=1S/C12H19N3O3S/c1-3-14-12(16)6-7-15-11-5-4-9(8-10(11)13)19(2,17)18/h4-5,8,15H,3,6-7,13H2,1-2H3,(H,14,16). The second-order valence-electron chi connectivity index (χ2n) is 4.15. The molecular formula is C12H19N3O3S. The molecule has 0 unspecified atom stereocenters. The van der Waals surface area contributed by atoms with Crippen LogP contribution < -0.4 is 16.4 Å². The van der Waals surface area contributed by atoms with Crippen molar-refractivity contribution >= 4 is 27.1 Å². The topological polar surface area (TPSA) is 101 Å². The van der Waals surface area contributed by atoms with Crippen LogP contribution in [0.5, 0.6) is 0 Å². The molecule has 0 aliphatic rings. The van der Waals surface area contributed by atoms with Crippen molar-refractivity contribution in [3.63, 3.8) is 0 Å². The van der Waals surface area contributed by atoms with E-state index in [0.717, 1.165) is 6.26 Å². The summed E-state index contributed by atoms with van der Waals surface area (Å²) in [6.07, 6.45) is 1.46. The Morgan fingerprint density at radius 2 is 2.05 bits per heavy atom. The average Bonchev–Trinajstić information content (AvgIpc) is 2.30. The number of carbonyl (C=O) groups is 1. The minimum absolute atomic E-state index is 0.0404. The van der Waals surface area contributed by atoms with Gasteiger partial charge in [0.2, 0.25) is 5.91 Å². The van der Waals surface area contributed by atoms with E-state index < -0.39 is 9.84 Å².